The molecule has 0 saturated heterocycles. The van der Waals surface area contributed by atoms with E-state index in [0.717, 1.165) is 15.8 Å². The minimum absolute atomic E-state index is 0.530. The van der Waals surface area contributed by atoms with E-state index in [-0.39, 0.29) is 0 Å². The third kappa shape index (κ3) is 3.87. The third-order valence-corrected chi connectivity index (χ3v) is 4.39. The van der Waals surface area contributed by atoms with E-state index in [0.29, 0.717) is 11.1 Å². The second-order valence-electron chi connectivity index (χ2n) is 4.48. The maximum absolute atomic E-state index is 5.68. The van der Waals surface area contributed by atoms with E-state index in [1.54, 1.807) is 0 Å². The second kappa shape index (κ2) is 7.42. The fraction of sp³-hybridized carbons (Fsp3) is 0.0588. The molecule has 0 aliphatic carbocycles. The van der Waals surface area contributed by atoms with E-state index in [1.807, 2.05) is 42.5 Å². The molecule has 3 rings (SSSR count). The zero-order valence-corrected chi connectivity index (χ0v) is 14.0. The Labute approximate surface area is 141 Å². The second-order valence-corrected chi connectivity index (χ2v) is 6.30. The van der Waals surface area contributed by atoms with E-state index in [2.05, 4.69) is 50.4 Å². The highest BCUT2D eigenvalue weighted by Gasteiger charge is 2.10. The summed E-state index contributed by atoms with van der Waals surface area (Å²) in [5, 5.41) is 8.74. The quantitative estimate of drug-likeness (QED) is 0.569. The molecule has 3 nitrogen and oxygen atoms in total. The Bertz CT molecular complexity index is 771. The lowest BCUT2D eigenvalue weighted by molar-refractivity contribution is 0.466. The normalized spacial score (nSPS) is 11.1. The Morgan fingerprint density at radius 3 is 2.59 bits per heavy atom. The molecule has 0 fully saturated rings. The summed E-state index contributed by atoms with van der Waals surface area (Å²) in [5.74, 6) is 1.31. The third-order valence-electron chi connectivity index (χ3n) is 2.92. The lowest BCUT2D eigenvalue weighted by atomic mass is 10.2. The molecule has 22 heavy (non-hydrogen) atoms. The predicted octanol–water partition coefficient (Wildman–Crippen LogP) is 5.30. The zero-order valence-electron chi connectivity index (χ0n) is 11.6. The van der Waals surface area contributed by atoms with Crippen molar-refractivity contribution in [1.29, 1.82) is 0 Å². The van der Waals surface area contributed by atoms with Crippen LogP contribution in [0.25, 0.3) is 17.5 Å². The summed E-state index contributed by atoms with van der Waals surface area (Å²) >= 11 is 5.00. The molecule has 0 amide bonds. The molecule has 1 aromatic heterocycles. The molecule has 0 unspecified atom stereocenters. The maximum Gasteiger partial charge on any atom is 0.277 e. The number of benzene rings is 2. The van der Waals surface area contributed by atoms with Crippen molar-refractivity contribution >= 4 is 33.8 Å². The van der Waals surface area contributed by atoms with E-state index in [9.17, 15) is 0 Å². The van der Waals surface area contributed by atoms with Crippen molar-refractivity contribution in [2.24, 2.45) is 0 Å². The summed E-state index contributed by atoms with van der Waals surface area (Å²) in [6, 6.07) is 18.0. The van der Waals surface area contributed by atoms with Gasteiger partial charge < -0.3 is 4.42 Å². The van der Waals surface area contributed by atoms with Crippen LogP contribution in [0.15, 0.2) is 74.8 Å². The molecule has 0 N–H and O–H groups in total. The molecule has 0 radical (unpaired) electrons. The Hall–Kier alpha value is -1.85. The number of thioether (sulfide) groups is 1. The predicted molar refractivity (Wildman–Crippen MR) is 93.6 cm³/mol. The molecule has 0 bridgehead atoms. The van der Waals surface area contributed by atoms with Crippen LogP contribution in [0.2, 0.25) is 0 Å². The van der Waals surface area contributed by atoms with Crippen LogP contribution in [0.4, 0.5) is 0 Å². The van der Waals surface area contributed by atoms with Crippen molar-refractivity contribution in [3.05, 3.63) is 70.7 Å². The van der Waals surface area contributed by atoms with Gasteiger partial charge in [-0.3, -0.25) is 0 Å². The zero-order chi connectivity index (χ0) is 15.2. The van der Waals surface area contributed by atoms with Gasteiger partial charge in [-0.1, -0.05) is 66.4 Å². The molecule has 5 heteroatoms. The molecular formula is C17H13BrN2OS. The lowest BCUT2D eigenvalue weighted by Crippen LogP contribution is -1.78. The number of rotatable bonds is 5. The summed E-state index contributed by atoms with van der Waals surface area (Å²) < 4.78 is 6.62. The summed E-state index contributed by atoms with van der Waals surface area (Å²) in [6.07, 6.45) is 4.17. The van der Waals surface area contributed by atoms with Crippen molar-refractivity contribution in [2.45, 2.75) is 5.22 Å². The van der Waals surface area contributed by atoms with Gasteiger partial charge in [0.25, 0.3) is 5.22 Å². The number of nitrogens with zero attached hydrogens (tertiary/aromatic N) is 2. The highest BCUT2D eigenvalue weighted by atomic mass is 79.9. The van der Waals surface area contributed by atoms with Crippen molar-refractivity contribution in [3.8, 4) is 11.5 Å². The molecular weight excluding hydrogens is 360 g/mol. The first-order chi connectivity index (χ1) is 10.8. The van der Waals surface area contributed by atoms with Gasteiger partial charge in [-0.2, -0.15) is 0 Å². The molecule has 110 valence electrons. The molecule has 2 aromatic carbocycles. The first kappa shape index (κ1) is 15.1. The Morgan fingerprint density at radius 2 is 1.77 bits per heavy atom. The van der Waals surface area contributed by atoms with Crippen molar-refractivity contribution < 1.29 is 4.42 Å². The van der Waals surface area contributed by atoms with Crippen LogP contribution in [0.5, 0.6) is 0 Å². The van der Waals surface area contributed by atoms with Crippen LogP contribution >= 0.6 is 27.7 Å². The van der Waals surface area contributed by atoms with Gasteiger partial charge in [-0.05, 0) is 33.6 Å². The Balaban J connectivity index is 1.61. The van der Waals surface area contributed by atoms with Crippen molar-refractivity contribution in [1.82, 2.24) is 10.2 Å². The molecule has 1 heterocycles. The largest absolute Gasteiger partial charge is 0.411 e. The standard InChI is InChI=1S/C17H13BrN2OS/c18-15-11-5-4-10-14(15)16-19-20-17(21-16)22-12-6-9-13-7-2-1-3-8-13/h1-11H,12H2. The summed E-state index contributed by atoms with van der Waals surface area (Å²) in [4.78, 5) is 0. The average molecular weight is 373 g/mol. The van der Waals surface area contributed by atoms with E-state index >= 15 is 0 Å². The highest BCUT2D eigenvalue weighted by molar-refractivity contribution is 9.10. The maximum atomic E-state index is 5.68. The van der Waals surface area contributed by atoms with Crippen molar-refractivity contribution in [3.63, 3.8) is 0 Å². The monoisotopic (exact) mass is 372 g/mol. The molecule has 0 spiro atoms. The smallest absolute Gasteiger partial charge is 0.277 e. The average Bonchev–Trinajstić information content (AvgIpc) is 3.02. The highest BCUT2D eigenvalue weighted by Crippen LogP contribution is 2.28. The van der Waals surface area contributed by atoms with Crippen LogP contribution in [0.1, 0.15) is 5.56 Å². The first-order valence-electron chi connectivity index (χ1n) is 6.76. The summed E-state index contributed by atoms with van der Waals surface area (Å²) in [7, 11) is 0. The minimum Gasteiger partial charge on any atom is -0.411 e. The number of hydrogen-bond acceptors (Lipinski definition) is 4. The molecule has 0 saturated carbocycles. The number of aromatic nitrogens is 2. The van der Waals surface area contributed by atoms with E-state index < -0.39 is 0 Å². The van der Waals surface area contributed by atoms with Gasteiger partial charge in [0.2, 0.25) is 5.89 Å². The van der Waals surface area contributed by atoms with Gasteiger partial charge in [0.15, 0.2) is 0 Å². The van der Waals surface area contributed by atoms with Gasteiger partial charge in [0, 0.05) is 10.2 Å². The number of halogens is 1. The molecule has 0 aliphatic rings. The van der Waals surface area contributed by atoms with E-state index in [4.69, 9.17) is 4.42 Å². The number of hydrogen-bond donors (Lipinski definition) is 0. The van der Waals surface area contributed by atoms with Crippen LogP contribution in [0, 0.1) is 0 Å². The molecule has 3 aromatic rings. The van der Waals surface area contributed by atoms with Crippen LogP contribution < -0.4 is 0 Å². The van der Waals surface area contributed by atoms with Gasteiger partial charge in [0.05, 0.1) is 5.56 Å². The van der Waals surface area contributed by atoms with Crippen LogP contribution in [-0.2, 0) is 0 Å². The molecule has 0 atom stereocenters. The van der Waals surface area contributed by atoms with Crippen LogP contribution in [-0.4, -0.2) is 16.0 Å². The minimum atomic E-state index is 0.530. The van der Waals surface area contributed by atoms with Crippen molar-refractivity contribution in [2.75, 3.05) is 5.75 Å². The fourth-order valence-corrected chi connectivity index (χ4v) is 2.91. The Kier molecular flexibility index (Phi) is 5.08. The SMILES string of the molecule is Brc1ccccc1-c1nnc(SCC=Cc2ccccc2)o1. The van der Waals surface area contributed by atoms with Gasteiger partial charge >= 0.3 is 0 Å². The van der Waals surface area contributed by atoms with Gasteiger partial charge in [0.1, 0.15) is 0 Å². The van der Waals surface area contributed by atoms with Gasteiger partial charge in [-0.25, -0.2) is 0 Å². The Morgan fingerprint density at radius 1 is 1.00 bits per heavy atom. The van der Waals surface area contributed by atoms with E-state index in [1.165, 1.54) is 17.3 Å². The summed E-state index contributed by atoms with van der Waals surface area (Å²) in [5.41, 5.74) is 2.09. The molecule has 0 aliphatic heterocycles. The first-order valence-corrected chi connectivity index (χ1v) is 8.53. The summed E-state index contributed by atoms with van der Waals surface area (Å²) in [6.45, 7) is 0. The van der Waals surface area contributed by atoms with Crippen LogP contribution in [0.3, 0.4) is 0 Å². The lowest BCUT2D eigenvalue weighted by Gasteiger charge is -1.96. The fourth-order valence-electron chi connectivity index (χ4n) is 1.88. The topological polar surface area (TPSA) is 38.9 Å². The van der Waals surface area contributed by atoms with Gasteiger partial charge in [-0.15, -0.1) is 10.2 Å².